The highest BCUT2D eigenvalue weighted by atomic mass is 32.2. The van der Waals surface area contributed by atoms with E-state index < -0.39 is 11.4 Å². The highest BCUT2D eigenvalue weighted by molar-refractivity contribution is 7.98. The van der Waals surface area contributed by atoms with Crippen molar-refractivity contribution in [1.82, 2.24) is 4.90 Å². The molecule has 5 nitrogen and oxygen atoms in total. The molecule has 0 bridgehead atoms. The lowest BCUT2D eigenvalue weighted by atomic mass is 9.82. The summed E-state index contributed by atoms with van der Waals surface area (Å²) in [7, 11) is 0. The molecule has 2 heterocycles. The number of amides is 1. The number of carboxylic acids is 1. The van der Waals surface area contributed by atoms with Crippen molar-refractivity contribution in [2.75, 3.05) is 19.3 Å². The third-order valence-electron chi connectivity index (χ3n) is 3.49. The number of furan rings is 1. The van der Waals surface area contributed by atoms with E-state index in [2.05, 4.69) is 0 Å². The Morgan fingerprint density at radius 1 is 1.47 bits per heavy atom. The van der Waals surface area contributed by atoms with Gasteiger partial charge < -0.3 is 14.4 Å². The summed E-state index contributed by atoms with van der Waals surface area (Å²) in [5.41, 5.74) is -0.858. The lowest BCUT2D eigenvalue weighted by Crippen LogP contribution is -2.48. The van der Waals surface area contributed by atoms with Crippen molar-refractivity contribution >= 4 is 23.6 Å². The smallest absolute Gasteiger partial charge is 0.311 e. The summed E-state index contributed by atoms with van der Waals surface area (Å²) in [6, 6.07) is 3.39. The van der Waals surface area contributed by atoms with Crippen LogP contribution in [0.2, 0.25) is 0 Å². The molecule has 1 saturated heterocycles. The SMILES string of the molecule is CSc1ccc(C(=O)N2CCCC(C)(C(=O)O)C2)o1. The van der Waals surface area contributed by atoms with Crippen molar-refractivity contribution in [3.63, 3.8) is 0 Å². The van der Waals surface area contributed by atoms with Crippen molar-refractivity contribution < 1.29 is 19.1 Å². The molecule has 0 aromatic carbocycles. The van der Waals surface area contributed by atoms with Gasteiger partial charge in [-0.25, -0.2) is 0 Å². The number of carbonyl (C=O) groups is 2. The van der Waals surface area contributed by atoms with Crippen molar-refractivity contribution in [3.05, 3.63) is 17.9 Å². The van der Waals surface area contributed by atoms with Crippen molar-refractivity contribution in [1.29, 1.82) is 0 Å². The van der Waals surface area contributed by atoms with E-state index in [9.17, 15) is 14.7 Å². The van der Waals surface area contributed by atoms with Gasteiger partial charge in [-0.1, -0.05) is 11.8 Å². The van der Waals surface area contributed by atoms with Crippen LogP contribution in [0.15, 0.2) is 21.6 Å². The van der Waals surface area contributed by atoms with Crippen LogP contribution in [-0.4, -0.2) is 41.2 Å². The number of aliphatic carboxylic acids is 1. The average molecular weight is 283 g/mol. The molecule has 2 rings (SSSR count). The molecule has 0 saturated carbocycles. The van der Waals surface area contributed by atoms with E-state index in [1.165, 1.54) is 11.8 Å². The minimum Gasteiger partial charge on any atom is -0.481 e. The topological polar surface area (TPSA) is 70.8 Å². The van der Waals surface area contributed by atoms with Gasteiger partial charge in [0, 0.05) is 13.1 Å². The monoisotopic (exact) mass is 283 g/mol. The average Bonchev–Trinajstić information content (AvgIpc) is 2.86. The van der Waals surface area contributed by atoms with Gasteiger partial charge in [-0.3, -0.25) is 9.59 Å². The highest BCUT2D eigenvalue weighted by Crippen LogP contribution is 2.31. The summed E-state index contributed by atoms with van der Waals surface area (Å²) in [6.45, 7) is 2.50. The first kappa shape index (κ1) is 14.0. The second kappa shape index (κ2) is 5.28. The predicted molar refractivity (Wildman–Crippen MR) is 71.4 cm³/mol. The molecule has 1 amide bonds. The molecule has 104 valence electrons. The van der Waals surface area contributed by atoms with Gasteiger partial charge in [0.25, 0.3) is 5.91 Å². The second-order valence-corrected chi connectivity index (χ2v) is 5.83. The summed E-state index contributed by atoms with van der Waals surface area (Å²) in [4.78, 5) is 25.1. The maximum atomic E-state index is 12.3. The number of likely N-dealkylation sites (tertiary alicyclic amines) is 1. The number of nitrogens with zero attached hydrogens (tertiary/aromatic N) is 1. The van der Waals surface area contributed by atoms with Crippen molar-refractivity contribution in [2.24, 2.45) is 5.41 Å². The number of carbonyl (C=O) groups excluding carboxylic acids is 1. The molecular weight excluding hydrogens is 266 g/mol. The number of piperidine rings is 1. The normalized spacial score (nSPS) is 23.4. The molecule has 1 atom stereocenters. The van der Waals surface area contributed by atoms with E-state index in [1.807, 2.05) is 6.26 Å². The van der Waals surface area contributed by atoms with E-state index in [0.717, 1.165) is 0 Å². The third-order valence-corrected chi connectivity index (χ3v) is 4.12. The zero-order valence-corrected chi connectivity index (χ0v) is 11.8. The molecule has 0 aliphatic carbocycles. The Bertz CT molecular complexity index is 499. The molecular formula is C13H17NO4S. The molecule has 0 spiro atoms. The number of hydrogen-bond acceptors (Lipinski definition) is 4. The van der Waals surface area contributed by atoms with Gasteiger partial charge in [-0.05, 0) is 38.2 Å². The summed E-state index contributed by atoms with van der Waals surface area (Å²) < 4.78 is 5.40. The molecule has 1 aromatic rings. The summed E-state index contributed by atoms with van der Waals surface area (Å²) in [6.07, 6.45) is 3.17. The Morgan fingerprint density at radius 3 is 2.79 bits per heavy atom. The molecule has 1 fully saturated rings. The van der Waals surface area contributed by atoms with Gasteiger partial charge in [0.15, 0.2) is 10.9 Å². The zero-order chi connectivity index (χ0) is 14.0. The van der Waals surface area contributed by atoms with E-state index >= 15 is 0 Å². The van der Waals surface area contributed by atoms with Crippen molar-refractivity contribution in [2.45, 2.75) is 24.9 Å². The molecule has 19 heavy (non-hydrogen) atoms. The van der Waals surface area contributed by atoms with Gasteiger partial charge in [0.1, 0.15) is 0 Å². The summed E-state index contributed by atoms with van der Waals surface area (Å²) >= 11 is 1.43. The van der Waals surface area contributed by atoms with Crippen LogP contribution in [0.3, 0.4) is 0 Å². The number of thioether (sulfide) groups is 1. The molecule has 0 radical (unpaired) electrons. The molecule has 6 heteroatoms. The van der Waals surface area contributed by atoms with Crippen LogP contribution in [0.25, 0.3) is 0 Å². The molecule has 1 aliphatic heterocycles. The van der Waals surface area contributed by atoms with Gasteiger partial charge in [0.05, 0.1) is 5.41 Å². The van der Waals surface area contributed by atoms with E-state index in [0.29, 0.717) is 24.5 Å². The Morgan fingerprint density at radius 2 is 2.21 bits per heavy atom. The number of rotatable bonds is 3. The fraction of sp³-hybridized carbons (Fsp3) is 0.538. The fourth-order valence-electron chi connectivity index (χ4n) is 2.29. The van der Waals surface area contributed by atoms with Crippen LogP contribution >= 0.6 is 11.8 Å². The largest absolute Gasteiger partial charge is 0.481 e. The predicted octanol–water partition coefficient (Wildman–Crippen LogP) is 2.33. The Hall–Kier alpha value is -1.43. The summed E-state index contributed by atoms with van der Waals surface area (Å²) in [5, 5.41) is 9.93. The molecule has 1 N–H and O–H groups in total. The summed E-state index contributed by atoms with van der Waals surface area (Å²) in [5.74, 6) is -0.805. The zero-order valence-electron chi connectivity index (χ0n) is 11.0. The lowest BCUT2D eigenvalue weighted by Gasteiger charge is -2.37. The Kier molecular flexibility index (Phi) is 3.89. The van der Waals surface area contributed by atoms with Gasteiger partial charge in [-0.15, -0.1) is 0 Å². The van der Waals surface area contributed by atoms with Crippen LogP contribution in [-0.2, 0) is 4.79 Å². The highest BCUT2D eigenvalue weighted by Gasteiger charge is 2.40. The maximum Gasteiger partial charge on any atom is 0.311 e. The third kappa shape index (κ3) is 2.78. The van der Waals surface area contributed by atoms with Crippen LogP contribution in [0, 0.1) is 5.41 Å². The van der Waals surface area contributed by atoms with Crippen molar-refractivity contribution in [3.8, 4) is 0 Å². The van der Waals surface area contributed by atoms with Gasteiger partial charge >= 0.3 is 5.97 Å². The van der Waals surface area contributed by atoms with Gasteiger partial charge in [0.2, 0.25) is 0 Å². The fourth-order valence-corrected chi connectivity index (χ4v) is 2.67. The van der Waals surface area contributed by atoms with Crippen LogP contribution in [0.5, 0.6) is 0 Å². The molecule has 1 aliphatic rings. The van der Waals surface area contributed by atoms with Crippen LogP contribution < -0.4 is 0 Å². The second-order valence-electron chi connectivity index (χ2n) is 5.02. The number of carboxylic acid groups (broad SMARTS) is 1. The lowest BCUT2D eigenvalue weighted by molar-refractivity contribution is -0.150. The minimum absolute atomic E-state index is 0.229. The minimum atomic E-state index is -0.858. The quantitative estimate of drug-likeness (QED) is 0.862. The van der Waals surface area contributed by atoms with E-state index in [4.69, 9.17) is 4.42 Å². The first-order valence-electron chi connectivity index (χ1n) is 6.13. The van der Waals surface area contributed by atoms with E-state index in [-0.39, 0.29) is 18.2 Å². The van der Waals surface area contributed by atoms with Gasteiger partial charge in [-0.2, -0.15) is 0 Å². The van der Waals surface area contributed by atoms with Crippen LogP contribution in [0.1, 0.15) is 30.3 Å². The maximum absolute atomic E-state index is 12.3. The number of hydrogen-bond donors (Lipinski definition) is 1. The first-order valence-corrected chi connectivity index (χ1v) is 7.35. The Balaban J connectivity index is 2.13. The van der Waals surface area contributed by atoms with Crippen LogP contribution in [0.4, 0.5) is 0 Å². The Labute approximate surface area is 116 Å². The first-order chi connectivity index (χ1) is 8.96. The standard InChI is InChI=1S/C13H17NO4S/c1-13(12(16)17)6-3-7-14(8-13)11(15)9-4-5-10(18-9)19-2/h4-5H,3,6-8H2,1-2H3,(H,16,17). The molecule has 1 unspecified atom stereocenters. The van der Waals surface area contributed by atoms with E-state index in [1.54, 1.807) is 24.0 Å². The molecule has 1 aromatic heterocycles.